The van der Waals surface area contributed by atoms with Gasteiger partial charge in [0.1, 0.15) is 0 Å². The van der Waals surface area contributed by atoms with E-state index >= 15 is 0 Å². The van der Waals surface area contributed by atoms with Gasteiger partial charge in [0.25, 0.3) is 0 Å². The summed E-state index contributed by atoms with van der Waals surface area (Å²) in [6.45, 7) is 0. The summed E-state index contributed by atoms with van der Waals surface area (Å²) >= 11 is 0. The largest absolute Gasteiger partial charge is 0.305 e. The molecule has 0 aliphatic heterocycles. The molecule has 2 unspecified atom stereocenters. The van der Waals surface area contributed by atoms with Gasteiger partial charge in [-0.05, 0) is 12.8 Å². The van der Waals surface area contributed by atoms with Gasteiger partial charge in [0.15, 0.2) is 0 Å². The molecule has 1 fully saturated rings. The summed E-state index contributed by atoms with van der Waals surface area (Å²) in [5, 5.41) is 8.87. The topological polar surface area (TPSA) is 45.0 Å². The number of hydrogen-bond acceptors (Lipinski definition) is 3. The van der Waals surface area contributed by atoms with Gasteiger partial charge in [0, 0.05) is 6.04 Å². The highest BCUT2D eigenvalue weighted by atomic mass is 16.6. The second-order valence-corrected chi connectivity index (χ2v) is 3.30. The van der Waals surface area contributed by atoms with Gasteiger partial charge in [-0.3, -0.25) is 0 Å². The van der Waals surface area contributed by atoms with Crippen molar-refractivity contribution in [3.8, 4) is 6.07 Å². The van der Waals surface area contributed by atoms with Crippen LogP contribution in [-0.2, 0) is 4.84 Å². The third-order valence-electron chi connectivity index (χ3n) is 2.45. The van der Waals surface area contributed by atoms with Crippen LogP contribution in [0.4, 0.5) is 0 Å². The number of rotatable bonds is 2. The quantitative estimate of drug-likeness (QED) is 0.503. The lowest BCUT2D eigenvalue weighted by Crippen LogP contribution is -2.34. The smallest absolute Gasteiger partial charge is 0.0673 e. The van der Waals surface area contributed by atoms with Crippen molar-refractivity contribution in [1.82, 2.24) is 5.48 Å². The number of hydrogen-bond donors (Lipinski definition) is 1. The molecule has 3 nitrogen and oxygen atoms in total. The molecular formula is C9H16N2O. The summed E-state index contributed by atoms with van der Waals surface area (Å²) in [6, 6.07) is 2.57. The molecule has 0 aromatic heterocycles. The average molecular weight is 168 g/mol. The van der Waals surface area contributed by atoms with Crippen LogP contribution in [0.25, 0.3) is 0 Å². The van der Waals surface area contributed by atoms with Gasteiger partial charge in [-0.15, -0.1) is 0 Å². The number of nitrogens with one attached hydrogen (secondary N) is 1. The molecule has 0 amide bonds. The van der Waals surface area contributed by atoms with Crippen molar-refractivity contribution in [2.24, 2.45) is 5.92 Å². The van der Waals surface area contributed by atoms with E-state index in [-0.39, 0.29) is 12.0 Å². The monoisotopic (exact) mass is 168 g/mol. The Labute approximate surface area is 73.7 Å². The molecule has 0 aromatic rings. The zero-order chi connectivity index (χ0) is 8.81. The van der Waals surface area contributed by atoms with Crippen molar-refractivity contribution < 1.29 is 4.84 Å². The lowest BCUT2D eigenvalue weighted by atomic mass is 9.97. The molecule has 0 bridgehead atoms. The number of nitriles is 1. The van der Waals surface area contributed by atoms with Crippen LogP contribution in [0.15, 0.2) is 0 Å². The zero-order valence-electron chi connectivity index (χ0n) is 7.55. The Morgan fingerprint density at radius 1 is 1.33 bits per heavy atom. The molecule has 1 aliphatic rings. The molecule has 0 spiro atoms. The lowest BCUT2D eigenvalue weighted by Gasteiger charge is -2.18. The summed E-state index contributed by atoms with van der Waals surface area (Å²) in [7, 11) is 1.61. The van der Waals surface area contributed by atoms with E-state index in [9.17, 15) is 0 Å². The van der Waals surface area contributed by atoms with Gasteiger partial charge in [-0.1, -0.05) is 19.3 Å². The maximum atomic E-state index is 8.87. The second-order valence-electron chi connectivity index (χ2n) is 3.30. The summed E-state index contributed by atoms with van der Waals surface area (Å²) in [4.78, 5) is 4.87. The third-order valence-corrected chi connectivity index (χ3v) is 2.45. The Bertz CT molecular complexity index is 164. The van der Waals surface area contributed by atoms with Crippen molar-refractivity contribution in [1.29, 1.82) is 5.26 Å². The van der Waals surface area contributed by atoms with Crippen LogP contribution >= 0.6 is 0 Å². The van der Waals surface area contributed by atoms with Crippen LogP contribution in [0.5, 0.6) is 0 Å². The maximum Gasteiger partial charge on any atom is 0.0673 e. The van der Waals surface area contributed by atoms with E-state index in [0.29, 0.717) is 0 Å². The Morgan fingerprint density at radius 2 is 2.08 bits per heavy atom. The van der Waals surface area contributed by atoms with Crippen LogP contribution in [0.3, 0.4) is 0 Å². The van der Waals surface area contributed by atoms with E-state index in [2.05, 4.69) is 11.5 Å². The standard InChI is InChI=1S/C9H16N2O/c1-12-11-9-6-4-2-3-5-8(9)7-10/h8-9,11H,2-6H2,1H3. The molecule has 1 aliphatic carbocycles. The summed E-state index contributed by atoms with van der Waals surface area (Å²) in [5.74, 6) is 0.132. The first-order chi connectivity index (χ1) is 5.88. The van der Waals surface area contributed by atoms with Gasteiger partial charge in [0.2, 0.25) is 0 Å². The van der Waals surface area contributed by atoms with Crippen LogP contribution < -0.4 is 5.48 Å². The molecule has 2 atom stereocenters. The fourth-order valence-corrected chi connectivity index (χ4v) is 1.75. The minimum absolute atomic E-state index is 0.132. The van der Waals surface area contributed by atoms with Crippen molar-refractivity contribution >= 4 is 0 Å². The van der Waals surface area contributed by atoms with Crippen LogP contribution in [0, 0.1) is 17.2 Å². The fraction of sp³-hybridized carbons (Fsp3) is 0.889. The normalized spacial score (nSPS) is 30.7. The molecule has 0 radical (unpaired) electrons. The summed E-state index contributed by atoms with van der Waals surface area (Å²) < 4.78 is 0. The van der Waals surface area contributed by atoms with Crippen molar-refractivity contribution in [2.75, 3.05) is 7.11 Å². The molecule has 0 saturated heterocycles. The van der Waals surface area contributed by atoms with Gasteiger partial charge in [-0.2, -0.15) is 10.7 Å². The molecule has 1 N–H and O–H groups in total. The highest BCUT2D eigenvalue weighted by Crippen LogP contribution is 2.22. The first-order valence-corrected chi connectivity index (χ1v) is 4.56. The Balaban J connectivity index is 2.46. The van der Waals surface area contributed by atoms with Crippen molar-refractivity contribution in [2.45, 2.75) is 38.1 Å². The Hall–Kier alpha value is -0.590. The van der Waals surface area contributed by atoms with Crippen LogP contribution in [-0.4, -0.2) is 13.2 Å². The van der Waals surface area contributed by atoms with E-state index in [1.54, 1.807) is 7.11 Å². The number of nitrogens with zero attached hydrogens (tertiary/aromatic N) is 1. The summed E-state index contributed by atoms with van der Waals surface area (Å²) in [5.41, 5.74) is 2.90. The maximum absolute atomic E-state index is 8.87. The second kappa shape index (κ2) is 5.13. The van der Waals surface area contributed by atoms with Gasteiger partial charge in [0.05, 0.1) is 19.1 Å². The van der Waals surface area contributed by atoms with E-state index in [1.807, 2.05) is 0 Å². The molecule has 0 aromatic carbocycles. The van der Waals surface area contributed by atoms with E-state index in [1.165, 1.54) is 19.3 Å². The minimum atomic E-state index is 0.132. The molecule has 1 saturated carbocycles. The third kappa shape index (κ3) is 2.47. The Morgan fingerprint density at radius 3 is 2.75 bits per heavy atom. The highest BCUT2D eigenvalue weighted by molar-refractivity contribution is 4.92. The summed E-state index contributed by atoms with van der Waals surface area (Å²) in [6.07, 6.45) is 5.71. The minimum Gasteiger partial charge on any atom is -0.305 e. The van der Waals surface area contributed by atoms with Crippen molar-refractivity contribution in [3.05, 3.63) is 0 Å². The molecule has 12 heavy (non-hydrogen) atoms. The number of hydroxylamine groups is 1. The molecular weight excluding hydrogens is 152 g/mol. The average Bonchev–Trinajstić information content (AvgIpc) is 2.30. The predicted molar refractivity (Wildman–Crippen MR) is 46.1 cm³/mol. The lowest BCUT2D eigenvalue weighted by molar-refractivity contribution is 0.0466. The Kier molecular flexibility index (Phi) is 4.06. The highest BCUT2D eigenvalue weighted by Gasteiger charge is 2.22. The van der Waals surface area contributed by atoms with E-state index in [4.69, 9.17) is 10.1 Å². The molecule has 3 heteroatoms. The molecule has 0 heterocycles. The van der Waals surface area contributed by atoms with E-state index in [0.717, 1.165) is 12.8 Å². The van der Waals surface area contributed by atoms with Gasteiger partial charge in [-0.25, -0.2) is 0 Å². The molecule has 1 rings (SSSR count). The van der Waals surface area contributed by atoms with Crippen molar-refractivity contribution in [3.63, 3.8) is 0 Å². The molecule has 68 valence electrons. The van der Waals surface area contributed by atoms with E-state index < -0.39 is 0 Å². The SMILES string of the molecule is CONC1CCCCCC1C#N. The van der Waals surface area contributed by atoms with Crippen LogP contribution in [0.1, 0.15) is 32.1 Å². The van der Waals surface area contributed by atoms with Gasteiger partial charge >= 0.3 is 0 Å². The predicted octanol–water partition coefficient (Wildman–Crippen LogP) is 1.61. The van der Waals surface area contributed by atoms with Crippen LogP contribution in [0.2, 0.25) is 0 Å². The first kappa shape index (κ1) is 9.50. The van der Waals surface area contributed by atoms with Gasteiger partial charge < -0.3 is 4.84 Å². The first-order valence-electron chi connectivity index (χ1n) is 4.56. The zero-order valence-corrected chi connectivity index (χ0v) is 7.55. The fourth-order valence-electron chi connectivity index (χ4n) is 1.75.